The van der Waals surface area contributed by atoms with E-state index in [1.807, 2.05) is 0 Å². The molecule has 3 atom stereocenters. The van der Waals surface area contributed by atoms with Crippen molar-refractivity contribution >= 4 is 35.3 Å². The second-order valence-electron chi connectivity index (χ2n) is 16.1. The summed E-state index contributed by atoms with van der Waals surface area (Å²) in [5, 5.41) is 5.33. The molecule has 248 valence electrons. The lowest BCUT2D eigenvalue weighted by atomic mass is 9.72. The van der Waals surface area contributed by atoms with E-state index < -0.39 is 0 Å². The van der Waals surface area contributed by atoms with E-state index in [1.165, 1.54) is 76.9 Å². The number of hydrogen-bond donors (Lipinski definition) is 0. The van der Waals surface area contributed by atoms with Crippen molar-refractivity contribution in [3.63, 3.8) is 0 Å². The topological polar surface area (TPSA) is 3.24 Å². The number of anilines is 2. The smallest absolute Gasteiger partial charge is 0.0462 e. The molecule has 3 unspecified atom stereocenters. The van der Waals surface area contributed by atoms with Crippen molar-refractivity contribution in [3.8, 4) is 11.1 Å². The molecule has 0 heterocycles. The van der Waals surface area contributed by atoms with E-state index in [-0.39, 0.29) is 16.7 Å². The summed E-state index contributed by atoms with van der Waals surface area (Å²) in [6.07, 6.45) is 8.44. The molecule has 6 aromatic rings. The first-order chi connectivity index (χ1) is 24.8. The summed E-state index contributed by atoms with van der Waals surface area (Å²) < 4.78 is 0. The van der Waals surface area contributed by atoms with Crippen LogP contribution in [0.5, 0.6) is 0 Å². The van der Waals surface area contributed by atoms with E-state index >= 15 is 0 Å². The normalized spacial score (nSPS) is 21.0. The van der Waals surface area contributed by atoms with Gasteiger partial charge in [-0.05, 0) is 96.6 Å². The molecule has 0 bridgehead atoms. The molecule has 6 aromatic carbocycles. The monoisotopic (exact) mass is 657 g/mol. The average molecular weight is 658 g/mol. The molecular weight excluding hydrogens is 615 g/mol. The van der Waals surface area contributed by atoms with E-state index in [0.29, 0.717) is 11.8 Å². The van der Waals surface area contributed by atoms with Crippen molar-refractivity contribution in [2.75, 3.05) is 4.90 Å². The maximum absolute atomic E-state index is 2.62. The standard InChI is InChI=1S/C50H43N/c1-49(2)43-19-11-9-17-40(43)41-28-27-38(31-45(41)49)51(37-25-23-33(24-26-37)35-22-21-32-13-5-6-14-34(32)29-35)48-39-16-8-7-15-36(39)30-46-47(48)42-18-10-12-20-44(42)50(46,3)4/h5-21,23-31,35,46-47H,22H2,1-4H3. The van der Waals surface area contributed by atoms with Crippen LogP contribution in [0.4, 0.5) is 11.4 Å². The highest BCUT2D eigenvalue weighted by Crippen LogP contribution is 2.57. The van der Waals surface area contributed by atoms with Gasteiger partial charge in [0.25, 0.3) is 0 Å². The maximum Gasteiger partial charge on any atom is 0.0462 e. The first-order valence-electron chi connectivity index (χ1n) is 18.6. The van der Waals surface area contributed by atoms with E-state index in [2.05, 4.69) is 190 Å². The zero-order valence-corrected chi connectivity index (χ0v) is 29.9. The molecular formula is C50H43N. The van der Waals surface area contributed by atoms with Gasteiger partial charge in [-0.15, -0.1) is 0 Å². The summed E-state index contributed by atoms with van der Waals surface area (Å²) in [5.74, 6) is 0.928. The van der Waals surface area contributed by atoms with Crippen LogP contribution in [0.25, 0.3) is 35.1 Å². The Hall–Kier alpha value is -5.40. The summed E-state index contributed by atoms with van der Waals surface area (Å²) >= 11 is 0. The summed E-state index contributed by atoms with van der Waals surface area (Å²) in [6.45, 7) is 9.67. The van der Waals surface area contributed by atoms with Crippen LogP contribution in [0.15, 0.2) is 140 Å². The lowest BCUT2D eigenvalue weighted by molar-refractivity contribution is 0.416. The minimum atomic E-state index is -0.0888. The van der Waals surface area contributed by atoms with Crippen LogP contribution in [-0.4, -0.2) is 0 Å². The second kappa shape index (κ2) is 11.0. The molecule has 4 aliphatic rings. The molecule has 1 heteroatoms. The summed E-state index contributed by atoms with van der Waals surface area (Å²) in [5.41, 5.74) is 13.5. The van der Waals surface area contributed by atoms with Gasteiger partial charge in [0.05, 0.1) is 0 Å². The van der Waals surface area contributed by atoms with Crippen molar-refractivity contribution in [1.29, 1.82) is 0 Å². The van der Waals surface area contributed by atoms with Gasteiger partial charge in [-0.3, -0.25) is 0 Å². The first-order valence-corrected chi connectivity index (χ1v) is 18.6. The fourth-order valence-corrected chi connectivity index (χ4v) is 10.0. The number of fused-ring (bicyclic) bond motifs is 8. The molecule has 0 aromatic heterocycles. The molecule has 4 aliphatic carbocycles. The third-order valence-corrected chi connectivity index (χ3v) is 12.7. The Morgan fingerprint density at radius 2 is 1.20 bits per heavy atom. The van der Waals surface area contributed by atoms with Crippen LogP contribution in [0.1, 0.15) is 73.8 Å². The molecule has 0 aliphatic heterocycles. The Morgan fingerprint density at radius 1 is 0.549 bits per heavy atom. The largest absolute Gasteiger partial charge is 0.313 e. The van der Waals surface area contributed by atoms with Crippen LogP contribution >= 0.6 is 0 Å². The van der Waals surface area contributed by atoms with Crippen LogP contribution < -0.4 is 25.8 Å². The fraction of sp³-hybridized carbons (Fsp3) is 0.200. The Kier molecular flexibility index (Phi) is 6.59. The number of nitrogens with zero attached hydrogens (tertiary/aromatic N) is 1. The molecule has 51 heavy (non-hydrogen) atoms. The van der Waals surface area contributed by atoms with Gasteiger partial charge in [-0.1, -0.05) is 161 Å². The molecule has 10 rings (SSSR count). The van der Waals surface area contributed by atoms with Crippen molar-refractivity contribution in [2.24, 2.45) is 5.92 Å². The number of benzene rings is 6. The van der Waals surface area contributed by atoms with Gasteiger partial charge in [-0.2, -0.15) is 0 Å². The third kappa shape index (κ3) is 4.47. The molecule has 0 fully saturated rings. The molecule has 0 saturated carbocycles. The quantitative estimate of drug-likeness (QED) is 0.183. The van der Waals surface area contributed by atoms with Crippen LogP contribution in [-0.2, 0) is 10.8 Å². The molecule has 0 N–H and O–H groups in total. The highest BCUT2D eigenvalue weighted by atomic mass is 15.2. The Bertz CT molecular complexity index is 2640. The van der Waals surface area contributed by atoms with E-state index in [0.717, 1.165) is 6.42 Å². The van der Waals surface area contributed by atoms with Crippen LogP contribution in [0.3, 0.4) is 0 Å². The van der Waals surface area contributed by atoms with Gasteiger partial charge >= 0.3 is 0 Å². The third-order valence-electron chi connectivity index (χ3n) is 12.7. The summed E-state index contributed by atoms with van der Waals surface area (Å²) in [4.78, 5) is 2.62. The fourth-order valence-electron chi connectivity index (χ4n) is 10.0. The van der Waals surface area contributed by atoms with Crippen LogP contribution in [0, 0.1) is 5.92 Å². The molecule has 0 amide bonds. The van der Waals surface area contributed by atoms with Gasteiger partial charge in [-0.25, -0.2) is 0 Å². The number of rotatable bonds is 4. The van der Waals surface area contributed by atoms with Gasteiger partial charge in [0.1, 0.15) is 0 Å². The highest BCUT2D eigenvalue weighted by molar-refractivity contribution is 5.89. The maximum atomic E-state index is 2.62. The van der Waals surface area contributed by atoms with Gasteiger partial charge < -0.3 is 4.90 Å². The zero-order chi connectivity index (χ0) is 34.5. The molecule has 0 spiro atoms. The average Bonchev–Trinajstić information content (AvgIpc) is 3.54. The van der Waals surface area contributed by atoms with Crippen molar-refractivity contribution in [2.45, 2.75) is 56.8 Å². The Balaban J connectivity index is 1.20. The second-order valence-corrected chi connectivity index (χ2v) is 16.1. The summed E-state index contributed by atoms with van der Waals surface area (Å²) in [7, 11) is 0. The molecule has 0 radical (unpaired) electrons. The zero-order valence-electron chi connectivity index (χ0n) is 29.9. The molecule has 0 saturated heterocycles. The van der Waals surface area contributed by atoms with Gasteiger partial charge in [0.15, 0.2) is 0 Å². The lowest BCUT2D eigenvalue weighted by Crippen LogP contribution is -2.42. The van der Waals surface area contributed by atoms with E-state index in [4.69, 9.17) is 0 Å². The predicted molar refractivity (Wildman–Crippen MR) is 214 cm³/mol. The van der Waals surface area contributed by atoms with E-state index in [1.54, 1.807) is 0 Å². The van der Waals surface area contributed by atoms with Crippen molar-refractivity contribution in [1.82, 2.24) is 0 Å². The minimum absolute atomic E-state index is 0.000742. The SMILES string of the molecule is CC1(C)c2ccccc2-c2ccc(N(C3=c4ccccc4=CC4C3c3ccccc3C4(C)C)c3ccc(C4C=c5ccccc5=CC4)cc3)cc21. The summed E-state index contributed by atoms with van der Waals surface area (Å²) in [6, 6.07) is 52.8. The predicted octanol–water partition coefficient (Wildman–Crippen LogP) is 9.17. The Morgan fingerprint density at radius 3 is 2.02 bits per heavy atom. The van der Waals surface area contributed by atoms with Crippen molar-refractivity contribution in [3.05, 3.63) is 188 Å². The minimum Gasteiger partial charge on any atom is -0.313 e. The highest BCUT2D eigenvalue weighted by Gasteiger charge is 2.49. The van der Waals surface area contributed by atoms with Crippen LogP contribution in [0.2, 0.25) is 0 Å². The van der Waals surface area contributed by atoms with Gasteiger partial charge in [0.2, 0.25) is 0 Å². The van der Waals surface area contributed by atoms with Gasteiger partial charge in [0, 0.05) is 39.5 Å². The van der Waals surface area contributed by atoms with E-state index in [9.17, 15) is 0 Å². The molecule has 1 nitrogen and oxygen atoms in total. The van der Waals surface area contributed by atoms with Crippen molar-refractivity contribution < 1.29 is 0 Å². The Labute approximate surface area is 301 Å². The number of hydrogen-bond acceptors (Lipinski definition) is 1. The lowest BCUT2D eigenvalue weighted by Gasteiger charge is -2.39. The first kappa shape index (κ1) is 30.4.